The molecule has 2 aromatic carbocycles. The van der Waals surface area contributed by atoms with Gasteiger partial charge in [-0.25, -0.2) is 4.79 Å². The molecule has 2 heterocycles. The molecular weight excluding hydrogens is 454 g/mol. The lowest BCUT2D eigenvalue weighted by atomic mass is 9.87. The van der Waals surface area contributed by atoms with Crippen molar-refractivity contribution in [1.29, 1.82) is 0 Å². The number of aromatic nitrogens is 1. The molecule has 0 radical (unpaired) electrons. The SMILES string of the molecule is CCC(CCC(=O)On1c(O)ccc1O)c1c(Oc2ccccc2)cc(CCC(=O)O)c2c1N=N2. The van der Waals surface area contributed by atoms with Crippen LogP contribution in [0, 0.1) is 0 Å². The Bertz CT molecular complexity index is 1250. The monoisotopic (exact) mass is 479 g/mol. The van der Waals surface area contributed by atoms with Crippen LogP contribution in [-0.4, -0.2) is 32.0 Å². The van der Waals surface area contributed by atoms with Crippen LogP contribution in [0.5, 0.6) is 23.3 Å². The van der Waals surface area contributed by atoms with Crippen LogP contribution in [0.15, 0.2) is 58.8 Å². The van der Waals surface area contributed by atoms with Gasteiger partial charge in [0.15, 0.2) is 0 Å². The van der Waals surface area contributed by atoms with Crippen molar-refractivity contribution in [2.75, 3.05) is 0 Å². The number of aryl methyl sites for hydroxylation is 1. The van der Waals surface area contributed by atoms with E-state index in [0.29, 0.717) is 40.4 Å². The van der Waals surface area contributed by atoms with Crippen LogP contribution < -0.4 is 9.57 Å². The summed E-state index contributed by atoms with van der Waals surface area (Å²) in [6, 6.07) is 13.4. The number of carbonyl (C=O) groups excluding carboxylic acids is 1. The number of fused-ring (bicyclic) bond motifs is 1. The molecule has 0 amide bonds. The second kappa shape index (κ2) is 10.3. The number of carboxylic acid groups (broad SMARTS) is 1. The van der Waals surface area contributed by atoms with Gasteiger partial charge in [0.05, 0.1) is 0 Å². The number of aliphatic carboxylic acids is 1. The first kappa shape index (κ1) is 23.8. The van der Waals surface area contributed by atoms with E-state index in [1.54, 1.807) is 6.07 Å². The number of benzene rings is 2. The van der Waals surface area contributed by atoms with Crippen LogP contribution in [0.3, 0.4) is 0 Å². The van der Waals surface area contributed by atoms with E-state index in [0.717, 1.165) is 11.1 Å². The van der Waals surface area contributed by atoms with Gasteiger partial charge in [-0.1, -0.05) is 25.1 Å². The normalized spacial score (nSPS) is 12.5. The lowest BCUT2D eigenvalue weighted by molar-refractivity contribution is -0.145. The highest BCUT2D eigenvalue weighted by Crippen LogP contribution is 2.52. The first-order valence-electron chi connectivity index (χ1n) is 11.2. The van der Waals surface area contributed by atoms with Crippen LogP contribution in [-0.2, 0) is 16.0 Å². The Kier molecular flexibility index (Phi) is 7.00. The minimum atomic E-state index is -0.908. The van der Waals surface area contributed by atoms with Crippen molar-refractivity contribution in [3.8, 4) is 23.3 Å². The fourth-order valence-corrected chi connectivity index (χ4v) is 3.98. The fourth-order valence-electron chi connectivity index (χ4n) is 3.98. The number of nitrogens with zero attached hydrogens (tertiary/aromatic N) is 3. The molecule has 1 unspecified atom stereocenters. The van der Waals surface area contributed by atoms with Crippen molar-refractivity contribution >= 4 is 23.3 Å². The quantitative estimate of drug-likeness (QED) is 0.262. The summed E-state index contributed by atoms with van der Waals surface area (Å²) in [7, 11) is 0. The number of hydrogen-bond donors (Lipinski definition) is 3. The third-order valence-electron chi connectivity index (χ3n) is 5.77. The molecule has 1 atom stereocenters. The van der Waals surface area contributed by atoms with Gasteiger partial charge >= 0.3 is 11.9 Å². The van der Waals surface area contributed by atoms with Crippen LogP contribution in [0.2, 0.25) is 0 Å². The number of carbonyl (C=O) groups is 2. The van der Waals surface area contributed by atoms with Crippen molar-refractivity contribution < 1.29 is 34.5 Å². The Balaban J connectivity index is 1.60. The zero-order valence-electron chi connectivity index (χ0n) is 19.0. The number of aromatic hydroxyl groups is 2. The maximum absolute atomic E-state index is 12.4. The number of para-hydroxylation sites is 1. The first-order valence-corrected chi connectivity index (χ1v) is 11.2. The van der Waals surface area contributed by atoms with Gasteiger partial charge in [0.2, 0.25) is 11.8 Å². The van der Waals surface area contributed by atoms with Gasteiger partial charge in [-0.15, -0.1) is 15.0 Å². The van der Waals surface area contributed by atoms with E-state index in [1.807, 2.05) is 37.3 Å². The number of azo groups is 1. The van der Waals surface area contributed by atoms with Crippen LogP contribution >= 0.6 is 0 Å². The van der Waals surface area contributed by atoms with Gasteiger partial charge in [-0.2, -0.15) is 0 Å². The molecule has 0 aliphatic carbocycles. The van der Waals surface area contributed by atoms with Gasteiger partial charge in [-0.05, 0) is 48.9 Å². The number of hydrogen-bond acceptors (Lipinski definition) is 8. The van der Waals surface area contributed by atoms with Gasteiger partial charge in [-0.3, -0.25) is 4.79 Å². The van der Waals surface area contributed by atoms with E-state index in [4.69, 9.17) is 14.7 Å². The van der Waals surface area contributed by atoms with Gasteiger partial charge in [0.1, 0.15) is 22.9 Å². The molecule has 1 aliphatic heterocycles. The molecule has 35 heavy (non-hydrogen) atoms. The average Bonchev–Trinajstić information content (AvgIpc) is 3.12. The zero-order valence-corrected chi connectivity index (χ0v) is 19.0. The summed E-state index contributed by atoms with van der Waals surface area (Å²) >= 11 is 0. The number of ether oxygens (including phenoxy) is 1. The summed E-state index contributed by atoms with van der Waals surface area (Å²) in [6.07, 6.45) is 1.30. The van der Waals surface area contributed by atoms with Crippen molar-refractivity contribution in [3.63, 3.8) is 0 Å². The van der Waals surface area contributed by atoms with Crippen molar-refractivity contribution in [2.24, 2.45) is 10.2 Å². The van der Waals surface area contributed by atoms with E-state index in [2.05, 4.69) is 10.2 Å². The molecule has 0 saturated carbocycles. The molecule has 0 bridgehead atoms. The molecule has 1 aliphatic rings. The predicted octanol–water partition coefficient (Wildman–Crippen LogP) is 5.37. The highest BCUT2D eigenvalue weighted by Gasteiger charge is 2.29. The predicted molar refractivity (Wildman–Crippen MR) is 125 cm³/mol. The second-order valence-corrected chi connectivity index (χ2v) is 8.10. The Hall–Kier alpha value is -4.34. The molecule has 0 saturated heterocycles. The molecule has 3 N–H and O–H groups in total. The Morgan fingerprint density at radius 2 is 1.69 bits per heavy atom. The average molecular weight is 479 g/mol. The molecule has 0 fully saturated rings. The molecular formula is C25H25N3O7. The Labute approximate surface area is 201 Å². The molecule has 0 spiro atoms. The first-order chi connectivity index (χ1) is 16.9. The second-order valence-electron chi connectivity index (χ2n) is 8.10. The summed E-state index contributed by atoms with van der Waals surface area (Å²) in [5, 5.41) is 36.8. The molecule has 182 valence electrons. The van der Waals surface area contributed by atoms with E-state index in [-0.39, 0.29) is 36.9 Å². The van der Waals surface area contributed by atoms with Crippen LogP contribution in [0.4, 0.5) is 11.4 Å². The van der Waals surface area contributed by atoms with E-state index in [1.165, 1.54) is 12.1 Å². The Morgan fingerprint density at radius 1 is 1.00 bits per heavy atom. The molecule has 1 aromatic heterocycles. The van der Waals surface area contributed by atoms with Crippen LogP contribution in [0.1, 0.15) is 49.7 Å². The van der Waals surface area contributed by atoms with Crippen LogP contribution in [0.25, 0.3) is 0 Å². The van der Waals surface area contributed by atoms with E-state index < -0.39 is 11.9 Å². The third-order valence-corrected chi connectivity index (χ3v) is 5.77. The fraction of sp³-hybridized carbons (Fsp3) is 0.280. The summed E-state index contributed by atoms with van der Waals surface area (Å²) < 4.78 is 6.86. The standard InChI is InChI=1S/C25H25N3O7/c1-2-15(9-13-22(33)35-28-19(29)10-11-20(28)30)23-18(34-17-6-4-3-5-7-17)14-16(8-12-21(31)32)24-25(23)27-26-24/h3-7,10-11,14-15,29-30H,2,8-9,12-13H2,1H3,(H,31,32). The largest absolute Gasteiger partial charge is 0.492 e. The third kappa shape index (κ3) is 5.26. The smallest absolute Gasteiger partial charge is 0.333 e. The summed E-state index contributed by atoms with van der Waals surface area (Å²) in [4.78, 5) is 28.6. The zero-order chi connectivity index (χ0) is 24.9. The highest BCUT2D eigenvalue weighted by atomic mass is 16.7. The van der Waals surface area contributed by atoms with Gasteiger partial charge < -0.3 is 24.9 Å². The van der Waals surface area contributed by atoms with Crippen molar-refractivity contribution in [2.45, 2.75) is 44.9 Å². The lowest BCUT2D eigenvalue weighted by Crippen LogP contribution is -2.19. The van der Waals surface area contributed by atoms with E-state index in [9.17, 15) is 19.8 Å². The number of carboxylic acids is 1. The summed E-state index contributed by atoms with van der Waals surface area (Å²) in [6.45, 7) is 1.98. The molecule has 10 nitrogen and oxygen atoms in total. The molecule has 4 rings (SSSR count). The maximum Gasteiger partial charge on any atom is 0.333 e. The maximum atomic E-state index is 12.4. The minimum Gasteiger partial charge on any atom is -0.492 e. The highest BCUT2D eigenvalue weighted by molar-refractivity contribution is 5.79. The van der Waals surface area contributed by atoms with Gasteiger partial charge in [0.25, 0.3) is 0 Å². The summed E-state index contributed by atoms with van der Waals surface area (Å²) in [5.41, 5.74) is 2.81. The topological polar surface area (TPSA) is 143 Å². The molecule has 10 heteroatoms. The lowest BCUT2D eigenvalue weighted by Gasteiger charge is -2.25. The molecule has 3 aromatic rings. The van der Waals surface area contributed by atoms with E-state index >= 15 is 0 Å². The van der Waals surface area contributed by atoms with Crippen molar-refractivity contribution in [3.05, 3.63) is 59.7 Å². The number of rotatable bonds is 11. The minimum absolute atomic E-state index is 0.00697. The van der Waals surface area contributed by atoms with Gasteiger partial charge in [0, 0.05) is 30.5 Å². The summed E-state index contributed by atoms with van der Waals surface area (Å²) in [5.74, 6) is -1.31. The Morgan fingerprint density at radius 3 is 2.29 bits per heavy atom. The van der Waals surface area contributed by atoms with Crippen molar-refractivity contribution in [1.82, 2.24) is 4.73 Å².